The number of aromatic nitrogens is 3. The zero-order valence-corrected chi connectivity index (χ0v) is 18.4. The number of hydrogen-bond acceptors (Lipinski definition) is 5. The van der Waals surface area contributed by atoms with Crippen molar-refractivity contribution in [2.75, 3.05) is 25.0 Å². The monoisotopic (exact) mass is 422 g/mol. The molecule has 160 valence electrons. The second kappa shape index (κ2) is 8.45. The molecule has 0 saturated carbocycles. The van der Waals surface area contributed by atoms with Crippen LogP contribution in [0.2, 0.25) is 0 Å². The summed E-state index contributed by atoms with van der Waals surface area (Å²) in [5.74, 6) is 1.00. The van der Waals surface area contributed by atoms with Gasteiger partial charge < -0.3 is 10.2 Å². The van der Waals surface area contributed by atoms with Crippen molar-refractivity contribution in [3.8, 4) is 28.3 Å². The van der Waals surface area contributed by atoms with E-state index in [0.717, 1.165) is 64.9 Å². The number of anilines is 1. The zero-order valence-electron chi connectivity index (χ0n) is 18.4. The fourth-order valence-electron chi connectivity index (χ4n) is 4.52. The molecule has 2 aromatic heterocycles. The highest BCUT2D eigenvalue weighted by atomic mass is 15.2. The quantitative estimate of drug-likeness (QED) is 0.529. The predicted octanol–water partition coefficient (Wildman–Crippen LogP) is 4.36. The Hall–Kier alpha value is -3.69. The van der Waals surface area contributed by atoms with Crippen LogP contribution in [-0.4, -0.2) is 40.9 Å². The molecule has 0 bridgehead atoms. The molecule has 1 N–H and O–H groups in total. The number of nitrogens with zero attached hydrogens (tertiary/aromatic N) is 5. The van der Waals surface area contributed by atoms with Crippen molar-refractivity contribution in [3.05, 3.63) is 66.5 Å². The first kappa shape index (κ1) is 20.2. The molecule has 1 aliphatic heterocycles. The van der Waals surface area contributed by atoms with E-state index in [0.29, 0.717) is 11.6 Å². The maximum absolute atomic E-state index is 9.21. The average Bonchev–Trinajstić information content (AvgIpc) is 3.23. The highest BCUT2D eigenvalue weighted by Gasteiger charge is 2.20. The molecule has 0 unspecified atom stereocenters. The first-order valence-corrected chi connectivity index (χ1v) is 11.0. The number of pyridine rings is 1. The van der Waals surface area contributed by atoms with Gasteiger partial charge in [-0.2, -0.15) is 10.4 Å². The molecular weight excluding hydrogens is 396 g/mol. The molecule has 3 heterocycles. The van der Waals surface area contributed by atoms with Crippen LogP contribution >= 0.6 is 0 Å². The molecule has 4 aromatic rings. The highest BCUT2D eigenvalue weighted by molar-refractivity contribution is 5.90. The van der Waals surface area contributed by atoms with Gasteiger partial charge in [0.2, 0.25) is 0 Å². The molecule has 2 aromatic carbocycles. The van der Waals surface area contributed by atoms with Crippen LogP contribution in [0.1, 0.15) is 18.4 Å². The topological polar surface area (TPSA) is 69.8 Å². The second-order valence-electron chi connectivity index (χ2n) is 8.40. The van der Waals surface area contributed by atoms with Gasteiger partial charge in [-0.15, -0.1) is 0 Å². The van der Waals surface area contributed by atoms with Gasteiger partial charge in [-0.3, -0.25) is 4.68 Å². The van der Waals surface area contributed by atoms with Gasteiger partial charge in [-0.05, 0) is 66.9 Å². The summed E-state index contributed by atoms with van der Waals surface area (Å²) in [5.41, 5.74) is 6.04. The standard InChI is InChI=1S/C26H26N6/c1-28-22-9-11-32(12-10-22)26-14-23(19-5-3-18(15-27)4-6-19)24(16-29-26)20-7-8-25-21(13-20)17-31(2)30-25/h3-8,13-14,16-17,22,28H,9-12H2,1-2H3. The number of hydrogen-bond donors (Lipinski definition) is 1. The van der Waals surface area contributed by atoms with Crippen LogP contribution in [0.15, 0.2) is 60.9 Å². The fraction of sp³-hybridized carbons (Fsp3) is 0.269. The van der Waals surface area contributed by atoms with E-state index in [1.165, 1.54) is 0 Å². The molecule has 1 saturated heterocycles. The number of benzene rings is 2. The van der Waals surface area contributed by atoms with E-state index < -0.39 is 0 Å². The average molecular weight is 423 g/mol. The lowest BCUT2D eigenvalue weighted by Gasteiger charge is -2.33. The van der Waals surface area contributed by atoms with Gasteiger partial charge in [0.25, 0.3) is 0 Å². The molecule has 1 aliphatic rings. The Labute approximate surface area is 188 Å². The molecule has 0 amide bonds. The number of nitriles is 1. The van der Waals surface area contributed by atoms with Crippen molar-refractivity contribution in [2.24, 2.45) is 7.05 Å². The Balaban J connectivity index is 1.59. The number of rotatable bonds is 4. The summed E-state index contributed by atoms with van der Waals surface area (Å²) in [6.45, 7) is 1.98. The Bertz CT molecular complexity index is 1290. The number of nitrogens with one attached hydrogen (secondary N) is 1. The van der Waals surface area contributed by atoms with E-state index >= 15 is 0 Å². The molecule has 0 atom stereocenters. The van der Waals surface area contributed by atoms with Crippen LogP contribution in [0.5, 0.6) is 0 Å². The summed E-state index contributed by atoms with van der Waals surface area (Å²) < 4.78 is 1.84. The summed E-state index contributed by atoms with van der Waals surface area (Å²) in [7, 11) is 3.98. The Morgan fingerprint density at radius 2 is 1.75 bits per heavy atom. The zero-order chi connectivity index (χ0) is 22.1. The minimum absolute atomic E-state index is 0.578. The van der Waals surface area contributed by atoms with E-state index in [9.17, 15) is 5.26 Å². The largest absolute Gasteiger partial charge is 0.356 e. The minimum Gasteiger partial charge on any atom is -0.356 e. The van der Waals surface area contributed by atoms with Crippen LogP contribution in [0.25, 0.3) is 33.2 Å². The maximum atomic E-state index is 9.21. The lowest BCUT2D eigenvalue weighted by molar-refractivity contribution is 0.441. The van der Waals surface area contributed by atoms with Crippen molar-refractivity contribution in [1.29, 1.82) is 5.26 Å². The minimum atomic E-state index is 0.578. The third kappa shape index (κ3) is 3.83. The van der Waals surface area contributed by atoms with E-state index in [1.54, 1.807) is 0 Å². The van der Waals surface area contributed by atoms with Crippen molar-refractivity contribution < 1.29 is 0 Å². The van der Waals surface area contributed by atoms with Crippen LogP contribution < -0.4 is 10.2 Å². The number of aryl methyl sites for hydroxylation is 1. The van der Waals surface area contributed by atoms with Crippen LogP contribution in [0, 0.1) is 11.3 Å². The molecule has 6 heteroatoms. The third-order valence-corrected chi connectivity index (χ3v) is 6.37. The Morgan fingerprint density at radius 3 is 2.47 bits per heavy atom. The first-order valence-electron chi connectivity index (χ1n) is 11.0. The number of piperidine rings is 1. The van der Waals surface area contributed by atoms with Crippen molar-refractivity contribution in [2.45, 2.75) is 18.9 Å². The normalized spacial score (nSPS) is 14.6. The van der Waals surface area contributed by atoms with Crippen LogP contribution in [0.4, 0.5) is 5.82 Å². The van der Waals surface area contributed by atoms with Gasteiger partial charge in [-0.1, -0.05) is 18.2 Å². The molecule has 0 spiro atoms. The Morgan fingerprint density at radius 1 is 1.00 bits per heavy atom. The van der Waals surface area contributed by atoms with E-state index in [1.807, 2.05) is 55.4 Å². The SMILES string of the molecule is CNC1CCN(c2cc(-c3ccc(C#N)cc3)c(-c3ccc4nn(C)cc4c3)cn2)CC1. The van der Waals surface area contributed by atoms with E-state index in [-0.39, 0.29) is 0 Å². The lowest BCUT2D eigenvalue weighted by Crippen LogP contribution is -2.41. The summed E-state index contributed by atoms with van der Waals surface area (Å²) in [5, 5.41) is 18.2. The van der Waals surface area contributed by atoms with Gasteiger partial charge in [0, 0.05) is 49.5 Å². The molecule has 0 aliphatic carbocycles. The van der Waals surface area contributed by atoms with Crippen molar-refractivity contribution >= 4 is 16.7 Å². The predicted molar refractivity (Wildman–Crippen MR) is 128 cm³/mol. The van der Waals surface area contributed by atoms with Crippen LogP contribution in [0.3, 0.4) is 0 Å². The summed E-state index contributed by atoms with van der Waals surface area (Å²) >= 11 is 0. The maximum Gasteiger partial charge on any atom is 0.129 e. The molecule has 5 rings (SSSR count). The third-order valence-electron chi connectivity index (χ3n) is 6.37. The molecule has 0 radical (unpaired) electrons. The molecule has 32 heavy (non-hydrogen) atoms. The van der Waals surface area contributed by atoms with Gasteiger partial charge in [0.15, 0.2) is 0 Å². The van der Waals surface area contributed by atoms with Crippen LogP contribution in [-0.2, 0) is 7.05 Å². The van der Waals surface area contributed by atoms with Gasteiger partial charge >= 0.3 is 0 Å². The van der Waals surface area contributed by atoms with Crippen molar-refractivity contribution in [3.63, 3.8) is 0 Å². The highest BCUT2D eigenvalue weighted by Crippen LogP contribution is 2.36. The first-order chi connectivity index (χ1) is 15.6. The molecule has 1 fully saturated rings. The van der Waals surface area contributed by atoms with E-state index in [2.05, 4.69) is 45.7 Å². The second-order valence-corrected chi connectivity index (χ2v) is 8.40. The van der Waals surface area contributed by atoms with Gasteiger partial charge in [0.05, 0.1) is 17.1 Å². The number of fused-ring (bicyclic) bond motifs is 1. The summed E-state index contributed by atoms with van der Waals surface area (Å²) in [6.07, 6.45) is 6.26. The molecule has 6 nitrogen and oxygen atoms in total. The van der Waals surface area contributed by atoms with Gasteiger partial charge in [0.1, 0.15) is 5.82 Å². The smallest absolute Gasteiger partial charge is 0.129 e. The molecular formula is C26H26N6. The summed E-state index contributed by atoms with van der Waals surface area (Å²) in [6, 6.07) is 19.1. The lowest BCUT2D eigenvalue weighted by atomic mass is 9.94. The Kier molecular flexibility index (Phi) is 5.34. The van der Waals surface area contributed by atoms with E-state index in [4.69, 9.17) is 4.98 Å². The fourth-order valence-corrected chi connectivity index (χ4v) is 4.52. The summed E-state index contributed by atoms with van der Waals surface area (Å²) in [4.78, 5) is 7.24. The van der Waals surface area contributed by atoms with Gasteiger partial charge in [-0.25, -0.2) is 4.98 Å². The van der Waals surface area contributed by atoms with Crippen molar-refractivity contribution in [1.82, 2.24) is 20.1 Å².